The number of halogens is 1. The number of benzene rings is 1. The average molecular weight is 247 g/mol. The van der Waals surface area contributed by atoms with Crippen molar-refractivity contribution in [2.75, 3.05) is 10.7 Å². The van der Waals surface area contributed by atoms with Crippen LogP contribution in [0.2, 0.25) is 0 Å². The van der Waals surface area contributed by atoms with Gasteiger partial charge in [0.25, 0.3) is 0 Å². The van der Waals surface area contributed by atoms with Crippen molar-refractivity contribution in [2.24, 2.45) is 5.84 Å². The highest BCUT2D eigenvalue weighted by Gasteiger charge is 2.07. The van der Waals surface area contributed by atoms with Gasteiger partial charge in [0.05, 0.1) is 0 Å². The SMILES string of the molecule is Cc1nc(Nc2ccc(F)cc2)nc(NN)c1C. The summed E-state index contributed by atoms with van der Waals surface area (Å²) in [6, 6.07) is 5.96. The van der Waals surface area contributed by atoms with E-state index in [0.29, 0.717) is 17.5 Å². The van der Waals surface area contributed by atoms with Gasteiger partial charge >= 0.3 is 0 Å². The molecule has 0 amide bonds. The third-order valence-corrected chi connectivity index (χ3v) is 2.63. The van der Waals surface area contributed by atoms with Crippen LogP contribution in [-0.4, -0.2) is 9.97 Å². The Hall–Kier alpha value is -2.21. The van der Waals surface area contributed by atoms with E-state index in [1.807, 2.05) is 13.8 Å². The molecule has 0 spiro atoms. The number of nitrogens with zero attached hydrogens (tertiary/aromatic N) is 2. The Morgan fingerprint density at radius 2 is 1.78 bits per heavy atom. The highest BCUT2D eigenvalue weighted by molar-refractivity contribution is 5.56. The summed E-state index contributed by atoms with van der Waals surface area (Å²) in [5.74, 6) is 6.07. The van der Waals surface area contributed by atoms with E-state index in [1.165, 1.54) is 12.1 Å². The van der Waals surface area contributed by atoms with E-state index in [1.54, 1.807) is 12.1 Å². The van der Waals surface area contributed by atoms with E-state index >= 15 is 0 Å². The van der Waals surface area contributed by atoms with Crippen LogP contribution in [0, 0.1) is 19.7 Å². The van der Waals surface area contributed by atoms with Gasteiger partial charge in [-0.15, -0.1) is 0 Å². The third kappa shape index (κ3) is 2.54. The molecule has 0 saturated heterocycles. The summed E-state index contributed by atoms with van der Waals surface area (Å²) in [7, 11) is 0. The molecule has 0 fully saturated rings. The second kappa shape index (κ2) is 4.97. The molecule has 0 aliphatic carbocycles. The van der Waals surface area contributed by atoms with Gasteiger partial charge in [0.2, 0.25) is 5.95 Å². The maximum absolute atomic E-state index is 12.8. The Bertz CT molecular complexity index is 553. The lowest BCUT2D eigenvalue weighted by atomic mass is 10.2. The van der Waals surface area contributed by atoms with Crippen molar-refractivity contribution in [1.29, 1.82) is 0 Å². The van der Waals surface area contributed by atoms with Crippen LogP contribution in [0.15, 0.2) is 24.3 Å². The number of nitrogen functional groups attached to an aromatic ring is 1. The van der Waals surface area contributed by atoms with Gasteiger partial charge in [-0.3, -0.25) is 0 Å². The van der Waals surface area contributed by atoms with E-state index < -0.39 is 0 Å². The van der Waals surface area contributed by atoms with Crippen LogP contribution in [0.25, 0.3) is 0 Å². The number of hydrogen-bond acceptors (Lipinski definition) is 5. The molecular weight excluding hydrogens is 233 g/mol. The first kappa shape index (κ1) is 12.3. The van der Waals surface area contributed by atoms with E-state index in [4.69, 9.17) is 5.84 Å². The van der Waals surface area contributed by atoms with Crippen molar-refractivity contribution >= 4 is 17.5 Å². The minimum absolute atomic E-state index is 0.286. The van der Waals surface area contributed by atoms with Gasteiger partial charge in [-0.2, -0.15) is 4.98 Å². The van der Waals surface area contributed by atoms with E-state index in [0.717, 1.165) is 11.3 Å². The summed E-state index contributed by atoms with van der Waals surface area (Å²) in [4.78, 5) is 8.50. The maximum atomic E-state index is 12.8. The minimum atomic E-state index is -0.286. The standard InChI is InChI=1S/C12H14FN5/c1-7-8(2)15-12(17-11(7)18-14)16-10-5-3-9(13)4-6-10/h3-6H,14H2,1-2H3,(H2,15,16,17,18). The number of anilines is 3. The van der Waals surface area contributed by atoms with Crippen LogP contribution in [-0.2, 0) is 0 Å². The fourth-order valence-electron chi connectivity index (χ4n) is 1.49. The second-order valence-electron chi connectivity index (χ2n) is 3.88. The van der Waals surface area contributed by atoms with Crippen molar-refractivity contribution in [1.82, 2.24) is 9.97 Å². The normalized spacial score (nSPS) is 10.2. The topological polar surface area (TPSA) is 75.9 Å². The van der Waals surface area contributed by atoms with E-state index in [-0.39, 0.29) is 5.82 Å². The zero-order valence-electron chi connectivity index (χ0n) is 10.2. The first-order valence-corrected chi connectivity index (χ1v) is 5.44. The molecule has 0 bridgehead atoms. The molecule has 0 radical (unpaired) electrons. The first-order chi connectivity index (χ1) is 8.60. The molecule has 0 aliphatic rings. The van der Waals surface area contributed by atoms with Gasteiger partial charge in [0.15, 0.2) is 0 Å². The van der Waals surface area contributed by atoms with Crippen molar-refractivity contribution in [3.8, 4) is 0 Å². The Labute approximate surface area is 104 Å². The number of nitrogens with two attached hydrogens (primary N) is 1. The predicted molar refractivity (Wildman–Crippen MR) is 69.0 cm³/mol. The van der Waals surface area contributed by atoms with Crippen LogP contribution in [0.4, 0.5) is 21.8 Å². The number of aryl methyl sites for hydroxylation is 1. The molecule has 18 heavy (non-hydrogen) atoms. The average Bonchev–Trinajstić information content (AvgIpc) is 2.36. The summed E-state index contributed by atoms with van der Waals surface area (Å²) >= 11 is 0. The zero-order chi connectivity index (χ0) is 13.1. The maximum Gasteiger partial charge on any atom is 0.229 e. The Morgan fingerprint density at radius 1 is 1.11 bits per heavy atom. The molecule has 94 valence electrons. The summed E-state index contributed by atoms with van der Waals surface area (Å²) in [6.45, 7) is 3.75. The van der Waals surface area contributed by atoms with E-state index in [2.05, 4.69) is 20.7 Å². The van der Waals surface area contributed by atoms with Crippen LogP contribution in [0.1, 0.15) is 11.3 Å². The number of hydrazine groups is 1. The lowest BCUT2D eigenvalue weighted by molar-refractivity contribution is 0.628. The molecule has 5 nitrogen and oxygen atoms in total. The lowest BCUT2D eigenvalue weighted by Crippen LogP contribution is -2.13. The predicted octanol–water partition coefficient (Wildman–Crippen LogP) is 2.26. The highest BCUT2D eigenvalue weighted by atomic mass is 19.1. The summed E-state index contributed by atoms with van der Waals surface area (Å²) in [6.07, 6.45) is 0. The number of hydrogen-bond donors (Lipinski definition) is 3. The number of nitrogens with one attached hydrogen (secondary N) is 2. The summed E-state index contributed by atoms with van der Waals surface area (Å²) in [5.41, 5.74) is 4.94. The Kier molecular flexibility index (Phi) is 3.38. The first-order valence-electron chi connectivity index (χ1n) is 5.44. The van der Waals surface area contributed by atoms with Crippen molar-refractivity contribution in [2.45, 2.75) is 13.8 Å². The number of aromatic nitrogens is 2. The highest BCUT2D eigenvalue weighted by Crippen LogP contribution is 2.19. The monoisotopic (exact) mass is 247 g/mol. The molecule has 2 aromatic rings. The van der Waals surface area contributed by atoms with Crippen molar-refractivity contribution in [3.05, 3.63) is 41.3 Å². The zero-order valence-corrected chi connectivity index (χ0v) is 10.2. The van der Waals surface area contributed by atoms with Gasteiger partial charge in [-0.25, -0.2) is 15.2 Å². The largest absolute Gasteiger partial charge is 0.324 e. The fourth-order valence-corrected chi connectivity index (χ4v) is 1.49. The Balaban J connectivity index is 2.29. The molecule has 1 aromatic carbocycles. The van der Waals surface area contributed by atoms with Gasteiger partial charge in [0, 0.05) is 16.9 Å². The third-order valence-electron chi connectivity index (χ3n) is 2.63. The van der Waals surface area contributed by atoms with Crippen LogP contribution < -0.4 is 16.6 Å². The quantitative estimate of drug-likeness (QED) is 0.573. The molecular formula is C12H14FN5. The van der Waals surface area contributed by atoms with Crippen LogP contribution in [0.3, 0.4) is 0 Å². The van der Waals surface area contributed by atoms with Gasteiger partial charge in [-0.05, 0) is 38.1 Å². The molecule has 1 aromatic heterocycles. The molecule has 6 heteroatoms. The molecule has 0 aliphatic heterocycles. The fraction of sp³-hybridized carbons (Fsp3) is 0.167. The molecule has 0 saturated carbocycles. The van der Waals surface area contributed by atoms with Gasteiger partial charge < -0.3 is 10.7 Å². The van der Waals surface area contributed by atoms with Crippen molar-refractivity contribution in [3.63, 3.8) is 0 Å². The summed E-state index contributed by atoms with van der Waals surface area (Å²) in [5, 5.41) is 2.99. The van der Waals surface area contributed by atoms with Gasteiger partial charge in [0.1, 0.15) is 11.6 Å². The molecule has 1 heterocycles. The Morgan fingerprint density at radius 3 is 2.39 bits per heavy atom. The lowest BCUT2D eigenvalue weighted by Gasteiger charge is -2.10. The van der Waals surface area contributed by atoms with E-state index in [9.17, 15) is 4.39 Å². The smallest absolute Gasteiger partial charge is 0.229 e. The van der Waals surface area contributed by atoms with Crippen LogP contribution in [0.5, 0.6) is 0 Å². The number of rotatable bonds is 3. The van der Waals surface area contributed by atoms with Crippen LogP contribution >= 0.6 is 0 Å². The summed E-state index contributed by atoms with van der Waals surface area (Å²) < 4.78 is 12.8. The minimum Gasteiger partial charge on any atom is -0.324 e. The van der Waals surface area contributed by atoms with Crippen molar-refractivity contribution < 1.29 is 4.39 Å². The molecule has 0 unspecified atom stereocenters. The second-order valence-corrected chi connectivity index (χ2v) is 3.88. The molecule has 4 N–H and O–H groups in total. The van der Waals surface area contributed by atoms with Gasteiger partial charge in [-0.1, -0.05) is 0 Å². The molecule has 2 rings (SSSR count). The molecule has 0 atom stereocenters.